The smallest absolute Gasteiger partial charge is 0.222 e. The minimum atomic E-state index is -0.781. The van der Waals surface area contributed by atoms with Crippen LogP contribution in [0.3, 0.4) is 0 Å². The average Bonchev–Trinajstić information content (AvgIpc) is 3.16. The Balaban J connectivity index is 1.18. The average molecular weight is 467 g/mol. The summed E-state index contributed by atoms with van der Waals surface area (Å²) in [5.41, 5.74) is 1.67. The number of amides is 1. The first-order valence-electron chi connectivity index (χ1n) is 12.6. The zero-order valence-electron chi connectivity index (χ0n) is 20.4. The fourth-order valence-corrected chi connectivity index (χ4v) is 4.72. The van der Waals surface area contributed by atoms with Crippen LogP contribution >= 0.6 is 0 Å². The molecule has 0 radical (unpaired) electrons. The van der Waals surface area contributed by atoms with Crippen molar-refractivity contribution in [2.45, 2.75) is 57.6 Å². The molecule has 1 N–H and O–H groups in total. The minimum absolute atomic E-state index is 0.273. The van der Waals surface area contributed by atoms with E-state index in [1.165, 1.54) is 11.1 Å². The Bertz CT molecular complexity index is 915. The molecule has 6 heteroatoms. The maximum absolute atomic E-state index is 11.7. The lowest BCUT2D eigenvalue weighted by Gasteiger charge is -2.27. The van der Waals surface area contributed by atoms with Crippen LogP contribution in [0.5, 0.6) is 11.5 Å². The van der Waals surface area contributed by atoms with Crippen LogP contribution in [0.25, 0.3) is 0 Å². The third-order valence-electron chi connectivity index (χ3n) is 6.88. The van der Waals surface area contributed by atoms with Crippen molar-refractivity contribution in [3.63, 3.8) is 0 Å². The van der Waals surface area contributed by atoms with Gasteiger partial charge in [0.15, 0.2) is 0 Å². The van der Waals surface area contributed by atoms with Crippen molar-refractivity contribution in [1.82, 2.24) is 9.80 Å². The standard InChI is InChI=1S/C28H38N2O4/c1-23-6-10-26(11-7-23)34-22-28(32)14-3-16-29(19-15-28)21-24-8-12-25(13-9-24)33-20-4-18-30-17-2-5-27(30)31/h6-13,32H,2-5,14-22H2,1H3/t28-/m0/s1. The molecular weight excluding hydrogens is 428 g/mol. The van der Waals surface area contributed by atoms with Crippen LogP contribution in [-0.4, -0.2) is 65.8 Å². The number of nitrogens with zero attached hydrogens (tertiary/aromatic N) is 2. The Labute approximate surface area is 203 Å². The topological polar surface area (TPSA) is 62.2 Å². The second-order valence-electron chi connectivity index (χ2n) is 9.79. The number of hydrogen-bond acceptors (Lipinski definition) is 5. The number of aliphatic hydroxyl groups is 1. The van der Waals surface area contributed by atoms with E-state index in [1.807, 2.05) is 41.3 Å². The summed E-state index contributed by atoms with van der Waals surface area (Å²) >= 11 is 0. The summed E-state index contributed by atoms with van der Waals surface area (Å²) in [7, 11) is 0. The van der Waals surface area contributed by atoms with Gasteiger partial charge in [-0.3, -0.25) is 9.69 Å². The number of benzene rings is 2. The van der Waals surface area contributed by atoms with Gasteiger partial charge in [0, 0.05) is 32.6 Å². The maximum atomic E-state index is 11.7. The highest BCUT2D eigenvalue weighted by atomic mass is 16.5. The third-order valence-corrected chi connectivity index (χ3v) is 6.88. The lowest BCUT2D eigenvalue weighted by molar-refractivity contribution is -0.127. The van der Waals surface area contributed by atoms with Crippen LogP contribution in [0.2, 0.25) is 0 Å². The molecule has 1 amide bonds. The molecule has 0 saturated carbocycles. The van der Waals surface area contributed by atoms with Gasteiger partial charge < -0.3 is 19.5 Å². The summed E-state index contributed by atoms with van der Waals surface area (Å²) in [6.45, 7) is 7.38. The van der Waals surface area contributed by atoms with Crippen molar-refractivity contribution in [2.75, 3.05) is 39.4 Å². The monoisotopic (exact) mass is 466 g/mol. The SMILES string of the molecule is Cc1ccc(OC[C@]2(O)CCCN(Cc3ccc(OCCCN4CCCC4=O)cc3)CC2)cc1. The van der Waals surface area contributed by atoms with Crippen molar-refractivity contribution < 1.29 is 19.4 Å². The number of carbonyl (C=O) groups is 1. The Morgan fingerprint density at radius 3 is 2.38 bits per heavy atom. The molecule has 0 bridgehead atoms. The zero-order chi connectivity index (χ0) is 23.8. The summed E-state index contributed by atoms with van der Waals surface area (Å²) in [4.78, 5) is 16.0. The highest BCUT2D eigenvalue weighted by Gasteiger charge is 2.31. The normalized spacial score (nSPS) is 21.5. The fraction of sp³-hybridized carbons (Fsp3) is 0.536. The highest BCUT2D eigenvalue weighted by Crippen LogP contribution is 2.25. The number of likely N-dealkylation sites (tertiary alicyclic amines) is 2. The van der Waals surface area contributed by atoms with Crippen LogP contribution in [0, 0.1) is 6.92 Å². The van der Waals surface area contributed by atoms with Crippen LogP contribution in [0.15, 0.2) is 48.5 Å². The molecule has 0 aliphatic carbocycles. The van der Waals surface area contributed by atoms with E-state index in [9.17, 15) is 9.90 Å². The molecule has 6 nitrogen and oxygen atoms in total. The largest absolute Gasteiger partial charge is 0.494 e. The van der Waals surface area contributed by atoms with Gasteiger partial charge in [-0.15, -0.1) is 0 Å². The lowest BCUT2D eigenvalue weighted by Crippen LogP contribution is -2.37. The molecule has 2 aromatic carbocycles. The molecule has 2 fully saturated rings. The molecule has 2 aliphatic heterocycles. The predicted octanol–water partition coefficient (Wildman–Crippen LogP) is 4.18. The molecule has 184 valence electrons. The first kappa shape index (κ1) is 24.6. The fourth-order valence-electron chi connectivity index (χ4n) is 4.72. The van der Waals surface area contributed by atoms with Crippen LogP contribution < -0.4 is 9.47 Å². The quantitative estimate of drug-likeness (QED) is 0.532. The van der Waals surface area contributed by atoms with Crippen molar-refractivity contribution in [1.29, 1.82) is 0 Å². The van der Waals surface area contributed by atoms with E-state index in [2.05, 4.69) is 24.0 Å². The van der Waals surface area contributed by atoms with Gasteiger partial charge in [0.1, 0.15) is 18.1 Å². The molecule has 4 rings (SSSR count). The molecule has 0 aromatic heterocycles. The van der Waals surface area contributed by atoms with Gasteiger partial charge in [0.2, 0.25) is 5.91 Å². The van der Waals surface area contributed by atoms with E-state index < -0.39 is 5.60 Å². The lowest BCUT2D eigenvalue weighted by atomic mass is 9.96. The third kappa shape index (κ3) is 7.21. The summed E-state index contributed by atoms with van der Waals surface area (Å²) < 4.78 is 11.8. The van der Waals surface area contributed by atoms with Crippen molar-refractivity contribution >= 4 is 5.91 Å². The van der Waals surface area contributed by atoms with E-state index >= 15 is 0 Å². The first-order valence-corrected chi connectivity index (χ1v) is 12.6. The van der Waals surface area contributed by atoms with Gasteiger partial charge in [-0.05, 0) is 75.4 Å². The summed E-state index contributed by atoms with van der Waals surface area (Å²) in [6, 6.07) is 16.3. The second-order valence-corrected chi connectivity index (χ2v) is 9.79. The van der Waals surface area contributed by atoms with Crippen molar-refractivity contribution in [3.05, 3.63) is 59.7 Å². The molecule has 2 saturated heterocycles. The minimum Gasteiger partial charge on any atom is -0.494 e. The second kappa shape index (κ2) is 11.7. The molecule has 1 atom stereocenters. The van der Waals surface area contributed by atoms with Crippen LogP contribution in [0.4, 0.5) is 0 Å². The number of rotatable bonds is 10. The molecule has 2 aromatic rings. The summed E-state index contributed by atoms with van der Waals surface area (Å²) in [6.07, 6.45) is 4.95. The predicted molar refractivity (Wildman–Crippen MR) is 133 cm³/mol. The van der Waals surface area contributed by atoms with E-state index in [0.29, 0.717) is 26.1 Å². The van der Waals surface area contributed by atoms with E-state index in [-0.39, 0.29) is 5.91 Å². The van der Waals surface area contributed by atoms with Gasteiger partial charge in [-0.1, -0.05) is 29.8 Å². The van der Waals surface area contributed by atoms with E-state index in [1.54, 1.807) is 0 Å². The van der Waals surface area contributed by atoms with Crippen molar-refractivity contribution in [3.8, 4) is 11.5 Å². The van der Waals surface area contributed by atoms with E-state index in [4.69, 9.17) is 9.47 Å². The number of carbonyl (C=O) groups excluding carboxylic acids is 1. The van der Waals surface area contributed by atoms with Crippen molar-refractivity contribution in [2.24, 2.45) is 0 Å². The summed E-state index contributed by atoms with van der Waals surface area (Å²) in [5, 5.41) is 11.1. The van der Waals surface area contributed by atoms with Crippen LogP contribution in [0.1, 0.15) is 49.7 Å². The molecule has 2 aliphatic rings. The maximum Gasteiger partial charge on any atom is 0.222 e. The molecular formula is C28H38N2O4. The van der Waals surface area contributed by atoms with Gasteiger partial charge in [0.25, 0.3) is 0 Å². The zero-order valence-corrected chi connectivity index (χ0v) is 20.4. The Morgan fingerprint density at radius 2 is 1.65 bits per heavy atom. The van der Waals surface area contributed by atoms with Crippen LogP contribution in [-0.2, 0) is 11.3 Å². The summed E-state index contributed by atoms with van der Waals surface area (Å²) in [5.74, 6) is 1.96. The molecule has 0 unspecified atom stereocenters. The van der Waals surface area contributed by atoms with Gasteiger partial charge in [0.05, 0.1) is 12.2 Å². The van der Waals surface area contributed by atoms with Gasteiger partial charge >= 0.3 is 0 Å². The molecule has 34 heavy (non-hydrogen) atoms. The molecule has 0 spiro atoms. The van der Waals surface area contributed by atoms with E-state index in [0.717, 1.165) is 69.9 Å². The Kier molecular flexibility index (Phi) is 8.46. The number of ether oxygens (including phenoxy) is 2. The number of aryl methyl sites for hydroxylation is 1. The Hall–Kier alpha value is -2.57. The number of hydrogen-bond donors (Lipinski definition) is 1. The first-order chi connectivity index (χ1) is 16.5. The van der Waals surface area contributed by atoms with Gasteiger partial charge in [-0.25, -0.2) is 0 Å². The Morgan fingerprint density at radius 1 is 0.912 bits per heavy atom. The highest BCUT2D eigenvalue weighted by molar-refractivity contribution is 5.77. The van der Waals surface area contributed by atoms with Gasteiger partial charge in [-0.2, -0.15) is 0 Å². The molecule has 2 heterocycles.